The van der Waals surface area contributed by atoms with Crippen molar-refractivity contribution in [2.45, 2.75) is 30.6 Å². The molecule has 26 heavy (non-hydrogen) atoms. The van der Waals surface area contributed by atoms with Gasteiger partial charge in [-0.3, -0.25) is 0 Å². The Balaban J connectivity index is 1.87. The molecule has 0 saturated carbocycles. The fourth-order valence-electron chi connectivity index (χ4n) is 2.99. The lowest BCUT2D eigenvalue weighted by Gasteiger charge is -2.32. The smallest absolute Gasteiger partial charge is 0.335 e. The molecular formula is C21H21NO3S. The highest BCUT2D eigenvalue weighted by molar-refractivity contribution is 7.99. The van der Waals surface area contributed by atoms with Crippen LogP contribution >= 0.6 is 11.8 Å². The molecule has 0 atom stereocenters. The van der Waals surface area contributed by atoms with Crippen LogP contribution in [-0.2, 0) is 5.41 Å². The molecular weight excluding hydrogens is 346 g/mol. The van der Waals surface area contributed by atoms with Gasteiger partial charge in [-0.25, -0.2) is 4.79 Å². The van der Waals surface area contributed by atoms with Crippen LogP contribution in [-0.4, -0.2) is 27.7 Å². The van der Waals surface area contributed by atoms with Crippen LogP contribution in [0.1, 0.15) is 47.3 Å². The van der Waals surface area contributed by atoms with E-state index in [1.54, 1.807) is 36.4 Å². The van der Waals surface area contributed by atoms with Gasteiger partial charge >= 0.3 is 5.97 Å². The molecule has 0 fully saturated rings. The Morgan fingerprint density at radius 1 is 1.15 bits per heavy atom. The monoisotopic (exact) mass is 367 g/mol. The van der Waals surface area contributed by atoms with E-state index in [-0.39, 0.29) is 11.0 Å². The number of hydrogen-bond acceptors (Lipinski definition) is 4. The Morgan fingerprint density at radius 2 is 1.85 bits per heavy atom. The van der Waals surface area contributed by atoms with E-state index in [1.165, 1.54) is 10.5 Å². The van der Waals surface area contributed by atoms with E-state index >= 15 is 0 Å². The second kappa shape index (κ2) is 7.38. The Morgan fingerprint density at radius 3 is 2.50 bits per heavy atom. The predicted octanol–water partition coefficient (Wildman–Crippen LogP) is 5.05. The summed E-state index contributed by atoms with van der Waals surface area (Å²) < 4.78 is 0. The van der Waals surface area contributed by atoms with E-state index in [0.717, 1.165) is 23.3 Å². The molecule has 1 aliphatic heterocycles. The van der Waals surface area contributed by atoms with Crippen molar-refractivity contribution < 1.29 is 15.1 Å². The maximum Gasteiger partial charge on any atom is 0.335 e. The van der Waals surface area contributed by atoms with Crippen LogP contribution in [0.5, 0.6) is 0 Å². The van der Waals surface area contributed by atoms with E-state index in [2.05, 4.69) is 31.1 Å². The molecule has 0 saturated heterocycles. The first-order valence-electron chi connectivity index (χ1n) is 8.42. The fraction of sp³-hybridized carbons (Fsp3) is 0.238. The van der Waals surface area contributed by atoms with Crippen molar-refractivity contribution in [3.63, 3.8) is 0 Å². The third-order valence-electron chi connectivity index (χ3n) is 4.69. The van der Waals surface area contributed by atoms with Crippen molar-refractivity contribution in [1.29, 1.82) is 0 Å². The number of rotatable bonds is 4. The summed E-state index contributed by atoms with van der Waals surface area (Å²) in [5, 5.41) is 21.9. The van der Waals surface area contributed by atoms with Crippen molar-refractivity contribution in [3.8, 4) is 0 Å². The Hall–Kier alpha value is -2.53. The van der Waals surface area contributed by atoms with Gasteiger partial charge in [-0.2, -0.15) is 0 Å². The maximum absolute atomic E-state index is 10.9. The van der Waals surface area contributed by atoms with E-state index in [1.807, 2.05) is 17.8 Å². The minimum atomic E-state index is -0.951. The largest absolute Gasteiger partial charge is 0.478 e. The summed E-state index contributed by atoms with van der Waals surface area (Å²) in [6.07, 6.45) is 4.66. The highest BCUT2D eigenvalue weighted by Crippen LogP contribution is 2.41. The third kappa shape index (κ3) is 3.83. The molecule has 1 aliphatic rings. The summed E-state index contributed by atoms with van der Waals surface area (Å²) in [6, 6.07) is 12.7. The van der Waals surface area contributed by atoms with Crippen molar-refractivity contribution in [1.82, 2.24) is 0 Å². The average molecular weight is 367 g/mol. The fourth-order valence-corrected chi connectivity index (χ4v) is 4.48. The summed E-state index contributed by atoms with van der Waals surface area (Å²) in [5.74, 6) is 0.166. The van der Waals surface area contributed by atoms with Crippen molar-refractivity contribution in [2.75, 3.05) is 5.75 Å². The number of aromatic carboxylic acids is 1. The number of thioether (sulfide) groups is 1. The summed E-state index contributed by atoms with van der Waals surface area (Å²) in [7, 11) is 0. The lowest BCUT2D eigenvalue weighted by molar-refractivity contribution is 0.0697. The zero-order valence-corrected chi connectivity index (χ0v) is 15.6. The second-order valence-electron chi connectivity index (χ2n) is 6.94. The molecule has 3 rings (SSSR count). The number of carboxylic acids is 1. The SMILES string of the molecule is CC1(C)CCSc2ccc(C(/C=C\c3ccc(C(=O)O)cc3)=N\O)cc21. The highest BCUT2D eigenvalue weighted by atomic mass is 32.2. The van der Waals surface area contributed by atoms with Crippen LogP contribution in [0.4, 0.5) is 0 Å². The number of fused-ring (bicyclic) bond motifs is 1. The van der Waals surface area contributed by atoms with Gasteiger partial charge in [0, 0.05) is 10.5 Å². The lowest BCUT2D eigenvalue weighted by Crippen LogP contribution is -2.23. The standard InChI is InChI=1S/C21H21NO3S/c1-21(2)11-12-26-19-10-8-16(13-17(19)21)18(22-25)9-5-14-3-6-15(7-4-14)20(23)24/h3-10,13,25H,11-12H2,1-2H3,(H,23,24)/b9-5-,22-18-. The maximum atomic E-state index is 10.9. The van der Waals surface area contributed by atoms with Gasteiger partial charge in [0.05, 0.1) is 5.56 Å². The van der Waals surface area contributed by atoms with Crippen LogP contribution in [0.25, 0.3) is 6.08 Å². The average Bonchev–Trinajstić information content (AvgIpc) is 2.63. The molecule has 5 heteroatoms. The molecule has 1 heterocycles. The van der Waals surface area contributed by atoms with E-state index in [9.17, 15) is 10.0 Å². The van der Waals surface area contributed by atoms with Gasteiger partial charge in [0.1, 0.15) is 5.71 Å². The molecule has 2 N–H and O–H groups in total. The number of carbonyl (C=O) groups is 1. The van der Waals surface area contributed by atoms with Crippen LogP contribution in [0.3, 0.4) is 0 Å². The minimum absolute atomic E-state index is 0.105. The predicted molar refractivity (Wildman–Crippen MR) is 106 cm³/mol. The molecule has 0 amide bonds. The molecule has 0 unspecified atom stereocenters. The van der Waals surface area contributed by atoms with Gasteiger partial charge in [0.2, 0.25) is 0 Å². The van der Waals surface area contributed by atoms with Crippen molar-refractivity contribution >= 4 is 29.5 Å². The van der Waals surface area contributed by atoms with Gasteiger partial charge in [0.15, 0.2) is 0 Å². The normalized spacial score (nSPS) is 16.5. The Labute approximate surface area is 157 Å². The second-order valence-corrected chi connectivity index (χ2v) is 8.08. The number of carboxylic acid groups (broad SMARTS) is 1. The third-order valence-corrected chi connectivity index (χ3v) is 5.76. The molecule has 0 bridgehead atoms. The van der Waals surface area contributed by atoms with Crippen LogP contribution in [0.2, 0.25) is 0 Å². The molecule has 0 radical (unpaired) electrons. The number of nitrogens with zero attached hydrogens (tertiary/aromatic N) is 1. The first-order chi connectivity index (χ1) is 12.4. The van der Waals surface area contributed by atoms with Crippen LogP contribution in [0.15, 0.2) is 58.6 Å². The van der Waals surface area contributed by atoms with Gasteiger partial charge < -0.3 is 10.3 Å². The molecule has 4 nitrogen and oxygen atoms in total. The van der Waals surface area contributed by atoms with Gasteiger partial charge in [-0.15, -0.1) is 11.8 Å². The molecule has 0 spiro atoms. The molecule has 0 aromatic heterocycles. The topological polar surface area (TPSA) is 69.9 Å². The molecule has 2 aromatic rings. The number of oxime groups is 1. The minimum Gasteiger partial charge on any atom is -0.478 e. The number of hydrogen-bond donors (Lipinski definition) is 2. The lowest BCUT2D eigenvalue weighted by atomic mass is 9.81. The summed E-state index contributed by atoms with van der Waals surface area (Å²) in [5.41, 5.74) is 3.80. The van der Waals surface area contributed by atoms with Gasteiger partial charge in [-0.1, -0.05) is 43.3 Å². The van der Waals surface area contributed by atoms with Gasteiger partial charge in [0.25, 0.3) is 0 Å². The van der Waals surface area contributed by atoms with Crippen molar-refractivity contribution in [3.05, 3.63) is 70.8 Å². The zero-order chi connectivity index (χ0) is 18.7. The zero-order valence-electron chi connectivity index (χ0n) is 14.8. The van der Waals surface area contributed by atoms with Crippen LogP contribution in [0, 0.1) is 0 Å². The van der Waals surface area contributed by atoms with Crippen LogP contribution < -0.4 is 0 Å². The van der Waals surface area contributed by atoms with Crippen molar-refractivity contribution in [2.24, 2.45) is 5.16 Å². The summed E-state index contributed by atoms with van der Waals surface area (Å²) >= 11 is 1.86. The number of benzene rings is 2. The molecule has 2 aromatic carbocycles. The van der Waals surface area contributed by atoms with Gasteiger partial charge in [-0.05, 0) is 59.1 Å². The van der Waals surface area contributed by atoms with E-state index in [4.69, 9.17) is 5.11 Å². The quantitative estimate of drug-likeness (QED) is 0.451. The molecule has 134 valence electrons. The highest BCUT2D eigenvalue weighted by Gasteiger charge is 2.28. The first-order valence-corrected chi connectivity index (χ1v) is 9.40. The first kappa shape index (κ1) is 18.3. The van der Waals surface area contributed by atoms with E-state index in [0.29, 0.717) is 5.71 Å². The van der Waals surface area contributed by atoms with E-state index < -0.39 is 5.97 Å². The summed E-state index contributed by atoms with van der Waals surface area (Å²) in [6.45, 7) is 4.48. The Bertz CT molecular complexity index is 883. The molecule has 0 aliphatic carbocycles. The number of allylic oxidation sites excluding steroid dienone is 1. The summed E-state index contributed by atoms with van der Waals surface area (Å²) in [4.78, 5) is 12.2. The Kier molecular flexibility index (Phi) is 5.18.